The van der Waals surface area contributed by atoms with Crippen LogP contribution in [0.1, 0.15) is 126 Å². The van der Waals surface area contributed by atoms with Crippen LogP contribution in [-0.2, 0) is 9.47 Å². The molecule has 3 unspecified atom stereocenters. The van der Waals surface area contributed by atoms with Crippen LogP contribution in [0.3, 0.4) is 0 Å². The molecule has 0 aromatic carbocycles. The molecule has 0 aromatic rings. The zero-order valence-corrected chi connectivity index (χ0v) is 28.7. The normalized spacial score (nSPS) is 45.9. The van der Waals surface area contributed by atoms with Crippen LogP contribution in [0.5, 0.6) is 0 Å². The summed E-state index contributed by atoms with van der Waals surface area (Å²) in [6.45, 7) is 18.2. The lowest BCUT2D eigenvalue weighted by Crippen LogP contribution is -2.60. The number of aliphatic hydroxyl groups excluding tert-OH is 2. The van der Waals surface area contributed by atoms with E-state index in [1.165, 1.54) is 37.7 Å². The van der Waals surface area contributed by atoms with Gasteiger partial charge in [0.1, 0.15) is 0 Å². The first-order valence-electron chi connectivity index (χ1n) is 17.6. The van der Waals surface area contributed by atoms with Crippen molar-refractivity contribution in [2.45, 2.75) is 162 Å². The van der Waals surface area contributed by atoms with E-state index in [1.54, 1.807) is 0 Å². The Hall–Kier alpha value is -1.06. The van der Waals surface area contributed by atoms with Gasteiger partial charge in [0.05, 0.1) is 24.4 Å². The number of allylic oxidation sites excluding steroid dienone is 1. The molecule has 44 heavy (non-hydrogen) atoms. The molecular weight excluding hydrogens is 558 g/mol. The van der Waals surface area contributed by atoms with E-state index in [0.717, 1.165) is 38.0 Å². The van der Waals surface area contributed by atoms with E-state index in [1.807, 2.05) is 13.8 Å². The summed E-state index contributed by atoms with van der Waals surface area (Å²) in [7, 11) is 0. The van der Waals surface area contributed by atoms with Gasteiger partial charge in [0.25, 0.3) is 0 Å². The monoisotopic (exact) mass is 619 g/mol. The van der Waals surface area contributed by atoms with Crippen molar-refractivity contribution in [3.63, 3.8) is 0 Å². The van der Waals surface area contributed by atoms with E-state index in [2.05, 4.69) is 47.6 Å². The number of hydrogen-bond donors (Lipinski definition) is 3. The molecule has 12 atom stereocenters. The maximum Gasteiger partial charge on any atom is 0.246 e. The topological polar surface area (TPSA) is 122 Å². The Morgan fingerprint density at radius 1 is 1.11 bits per heavy atom. The number of nitrogens with zero attached hydrogens (tertiary/aromatic N) is 1. The second kappa shape index (κ2) is 11.9. The van der Waals surface area contributed by atoms with Crippen molar-refractivity contribution in [2.75, 3.05) is 6.61 Å². The molecule has 0 radical (unpaired) electrons. The van der Waals surface area contributed by atoms with E-state index in [4.69, 9.17) is 9.47 Å². The summed E-state index contributed by atoms with van der Waals surface area (Å²) in [5.74, 6) is 2.47. The zero-order chi connectivity index (χ0) is 32.5. The van der Waals surface area contributed by atoms with Crippen molar-refractivity contribution in [2.24, 2.45) is 45.3 Å². The van der Waals surface area contributed by atoms with Crippen LogP contribution in [0.2, 0.25) is 0 Å². The van der Waals surface area contributed by atoms with Gasteiger partial charge in [-0.05, 0) is 105 Å². The predicted octanol–water partition coefficient (Wildman–Crippen LogP) is 6.67. The summed E-state index contributed by atoms with van der Waals surface area (Å²) < 4.78 is 12.3. The minimum absolute atomic E-state index is 0.0241. The average Bonchev–Trinajstić information content (AvgIpc) is 3.21. The standard InChI is InChI=1S/C36H61NO7/c1-22(10-9-16-32(2,3)40)24-15-17-36(8)28-13-11-25-26(34(28,6)18-19-35(24,36)7)12-14-29(33(25,4)5)44-31-30(39)27(37(41)42)20-23(21-38)43-31/h11,22-24,26-31,38-40H,9-10,12-21H2,1-8H3/t22-,23+,24?,26?,27+,28?,29+,30-,31+,34+,35-,36+/m1/s1. The van der Waals surface area contributed by atoms with Gasteiger partial charge in [0.15, 0.2) is 12.4 Å². The molecule has 1 heterocycles. The van der Waals surface area contributed by atoms with Crippen LogP contribution in [0.4, 0.5) is 0 Å². The zero-order valence-electron chi connectivity index (χ0n) is 28.7. The van der Waals surface area contributed by atoms with Crippen LogP contribution >= 0.6 is 0 Å². The lowest BCUT2D eigenvalue weighted by Gasteiger charge is -2.66. The molecule has 1 aliphatic heterocycles. The van der Waals surface area contributed by atoms with Crippen LogP contribution in [0, 0.1) is 55.4 Å². The molecule has 8 heteroatoms. The Morgan fingerprint density at radius 3 is 2.45 bits per heavy atom. The lowest BCUT2D eigenvalue weighted by molar-refractivity contribution is -0.552. The second-order valence-electron chi connectivity index (χ2n) is 17.5. The first kappa shape index (κ1) is 34.3. The van der Waals surface area contributed by atoms with Gasteiger partial charge < -0.3 is 24.8 Å². The van der Waals surface area contributed by atoms with Crippen molar-refractivity contribution in [1.29, 1.82) is 0 Å². The van der Waals surface area contributed by atoms with Crippen LogP contribution in [0.15, 0.2) is 11.6 Å². The number of rotatable bonds is 9. The minimum atomic E-state index is -1.37. The van der Waals surface area contributed by atoms with Crippen molar-refractivity contribution in [3.05, 3.63) is 21.8 Å². The third kappa shape index (κ3) is 5.61. The number of nitro groups is 1. The highest BCUT2D eigenvalue weighted by atomic mass is 16.7. The Labute approximate surface area is 265 Å². The molecule has 0 spiro atoms. The fourth-order valence-corrected chi connectivity index (χ4v) is 11.4. The highest BCUT2D eigenvalue weighted by Gasteiger charge is 2.67. The molecule has 3 N–H and O–H groups in total. The van der Waals surface area contributed by atoms with Gasteiger partial charge in [-0.3, -0.25) is 10.1 Å². The summed E-state index contributed by atoms with van der Waals surface area (Å²) in [5.41, 5.74) is 1.37. The van der Waals surface area contributed by atoms with Gasteiger partial charge in [0, 0.05) is 16.8 Å². The molecule has 5 rings (SSSR count). The largest absolute Gasteiger partial charge is 0.394 e. The Bertz CT molecular complexity index is 1100. The maximum absolute atomic E-state index is 11.7. The molecule has 252 valence electrons. The molecule has 5 aliphatic rings. The van der Waals surface area contributed by atoms with E-state index < -0.39 is 35.1 Å². The SMILES string of the molecule is C[C@H](CCCC(C)(C)O)C1CC[C@@]2(C)C3CC=C4C(CC[C@H](O[C@@H]5O[C@H](CO)C[C@H]([N+](=O)[O-])[C@H]5O)C4(C)C)[C@]3(C)CC[C@]12C. The summed E-state index contributed by atoms with van der Waals surface area (Å²) in [5, 5.41) is 42.4. The average molecular weight is 620 g/mol. The van der Waals surface area contributed by atoms with Crippen molar-refractivity contribution in [3.8, 4) is 0 Å². The molecule has 3 saturated carbocycles. The fourth-order valence-electron chi connectivity index (χ4n) is 11.4. The van der Waals surface area contributed by atoms with Gasteiger partial charge in [-0.2, -0.15) is 0 Å². The minimum Gasteiger partial charge on any atom is -0.394 e. The van der Waals surface area contributed by atoms with Crippen LogP contribution in [0.25, 0.3) is 0 Å². The Kier molecular flexibility index (Phi) is 9.25. The summed E-state index contributed by atoms with van der Waals surface area (Å²) in [6.07, 6.45) is 10.1. The molecule has 0 amide bonds. The molecular formula is C36H61NO7. The smallest absolute Gasteiger partial charge is 0.246 e. The van der Waals surface area contributed by atoms with Crippen molar-refractivity contribution < 1.29 is 29.7 Å². The van der Waals surface area contributed by atoms with Gasteiger partial charge in [-0.15, -0.1) is 0 Å². The lowest BCUT2D eigenvalue weighted by atomic mass is 9.39. The van der Waals surface area contributed by atoms with Crippen molar-refractivity contribution in [1.82, 2.24) is 0 Å². The first-order valence-corrected chi connectivity index (χ1v) is 17.6. The molecule has 1 saturated heterocycles. The number of hydrogen-bond acceptors (Lipinski definition) is 7. The second-order valence-corrected chi connectivity index (χ2v) is 17.5. The number of aliphatic hydroxyl groups is 3. The molecule has 0 aromatic heterocycles. The van der Waals surface area contributed by atoms with Crippen LogP contribution < -0.4 is 0 Å². The quantitative estimate of drug-likeness (QED) is 0.150. The Morgan fingerprint density at radius 2 is 1.82 bits per heavy atom. The van der Waals surface area contributed by atoms with E-state index >= 15 is 0 Å². The summed E-state index contributed by atoms with van der Waals surface area (Å²) in [6, 6.07) is -1.21. The van der Waals surface area contributed by atoms with Crippen LogP contribution in [-0.4, -0.2) is 63.1 Å². The van der Waals surface area contributed by atoms with Gasteiger partial charge in [0.2, 0.25) is 6.04 Å². The fraction of sp³-hybridized carbons (Fsp3) is 0.944. The van der Waals surface area contributed by atoms with E-state index in [0.29, 0.717) is 23.2 Å². The van der Waals surface area contributed by atoms with E-state index in [9.17, 15) is 25.4 Å². The van der Waals surface area contributed by atoms with Gasteiger partial charge in [-0.25, -0.2) is 0 Å². The van der Waals surface area contributed by atoms with Gasteiger partial charge >= 0.3 is 0 Å². The Balaban J connectivity index is 1.34. The molecule has 0 bridgehead atoms. The van der Waals surface area contributed by atoms with E-state index in [-0.39, 0.29) is 35.4 Å². The number of fused-ring (bicyclic) bond motifs is 5. The third-order valence-electron chi connectivity index (χ3n) is 14.3. The maximum atomic E-state index is 11.7. The summed E-state index contributed by atoms with van der Waals surface area (Å²) >= 11 is 0. The predicted molar refractivity (Wildman–Crippen MR) is 170 cm³/mol. The molecule has 4 fully saturated rings. The number of ether oxygens (including phenoxy) is 2. The summed E-state index contributed by atoms with van der Waals surface area (Å²) in [4.78, 5) is 11.2. The highest BCUT2D eigenvalue weighted by molar-refractivity contribution is 5.30. The third-order valence-corrected chi connectivity index (χ3v) is 14.3. The van der Waals surface area contributed by atoms with Crippen molar-refractivity contribution >= 4 is 0 Å². The molecule has 8 nitrogen and oxygen atoms in total. The van der Waals surface area contributed by atoms with Gasteiger partial charge in [-0.1, -0.05) is 66.0 Å². The molecule has 4 aliphatic carbocycles. The first-order chi connectivity index (χ1) is 20.4. The highest BCUT2D eigenvalue weighted by Crippen LogP contribution is 2.75.